The van der Waals surface area contributed by atoms with Crippen LogP contribution in [0.1, 0.15) is 65.2 Å². The summed E-state index contributed by atoms with van der Waals surface area (Å²) < 4.78 is 0. The van der Waals surface area contributed by atoms with E-state index in [1.807, 2.05) is 11.9 Å². The van der Waals surface area contributed by atoms with Crippen LogP contribution in [0.5, 0.6) is 0 Å². The predicted octanol–water partition coefficient (Wildman–Crippen LogP) is 2.98. The number of rotatable bonds is 5. The molecule has 5 rings (SSSR count). The second-order valence-electron chi connectivity index (χ2n) is 10.3. The first kappa shape index (κ1) is 21.9. The Morgan fingerprint density at radius 3 is 2.11 bits per heavy atom. The number of piperidine rings is 1. The van der Waals surface area contributed by atoms with E-state index in [1.165, 1.54) is 19.3 Å². The number of hydrogen-bond donors (Lipinski definition) is 2. The highest BCUT2D eigenvalue weighted by atomic mass is 35.5. The van der Waals surface area contributed by atoms with Crippen LogP contribution in [-0.2, 0) is 9.59 Å². The molecule has 4 bridgehead atoms. The molecule has 6 heteroatoms. The first-order chi connectivity index (χ1) is 12.9. The number of nitrogens with one attached hydrogen (secondary N) is 2. The molecule has 5 aliphatic rings. The Morgan fingerprint density at radius 2 is 1.61 bits per heavy atom. The Kier molecular flexibility index (Phi) is 6.65. The maximum Gasteiger partial charge on any atom is 0.245 e. The molecule has 2 unspecified atom stereocenters. The van der Waals surface area contributed by atoms with Gasteiger partial charge in [0, 0.05) is 24.5 Å². The lowest BCUT2D eigenvalue weighted by Gasteiger charge is -2.56. The van der Waals surface area contributed by atoms with Crippen molar-refractivity contribution in [3.8, 4) is 0 Å². The summed E-state index contributed by atoms with van der Waals surface area (Å²) in [5.41, 5.74) is -0.183. The first-order valence-corrected chi connectivity index (χ1v) is 11.2. The van der Waals surface area contributed by atoms with Crippen molar-refractivity contribution < 1.29 is 9.59 Å². The number of likely N-dealkylation sites (tertiary alicyclic amines) is 1. The van der Waals surface area contributed by atoms with Crippen molar-refractivity contribution in [1.29, 1.82) is 0 Å². The maximum absolute atomic E-state index is 13.4. The molecule has 0 radical (unpaired) electrons. The highest BCUT2D eigenvalue weighted by Crippen LogP contribution is 2.60. The number of carbonyl (C=O) groups is 2. The Morgan fingerprint density at radius 1 is 1.04 bits per heavy atom. The van der Waals surface area contributed by atoms with E-state index in [9.17, 15) is 9.59 Å². The zero-order chi connectivity index (χ0) is 19.2. The van der Waals surface area contributed by atoms with Gasteiger partial charge in [-0.3, -0.25) is 9.59 Å². The molecule has 1 saturated heterocycles. The van der Waals surface area contributed by atoms with Gasteiger partial charge in [0.05, 0.1) is 0 Å². The van der Waals surface area contributed by atoms with Crippen LogP contribution in [0.4, 0.5) is 0 Å². The van der Waals surface area contributed by atoms with Crippen molar-refractivity contribution in [2.24, 2.45) is 29.1 Å². The summed E-state index contributed by atoms with van der Waals surface area (Å²) in [5, 5.41) is 6.56. The van der Waals surface area contributed by atoms with E-state index in [4.69, 9.17) is 0 Å². The molecule has 2 N–H and O–H groups in total. The van der Waals surface area contributed by atoms with Gasteiger partial charge in [0.25, 0.3) is 0 Å². The van der Waals surface area contributed by atoms with Crippen molar-refractivity contribution in [3.63, 3.8) is 0 Å². The molecular weight excluding hydrogens is 374 g/mol. The molecule has 5 fully saturated rings. The average Bonchev–Trinajstić information content (AvgIpc) is 2.64. The lowest BCUT2D eigenvalue weighted by atomic mass is 9.49. The van der Waals surface area contributed by atoms with Crippen molar-refractivity contribution >= 4 is 24.2 Å². The third kappa shape index (κ3) is 4.07. The van der Waals surface area contributed by atoms with Gasteiger partial charge in [-0.2, -0.15) is 0 Å². The summed E-state index contributed by atoms with van der Waals surface area (Å²) in [5.74, 6) is 2.64. The van der Waals surface area contributed by atoms with Gasteiger partial charge in [-0.1, -0.05) is 13.8 Å². The van der Waals surface area contributed by atoms with Crippen LogP contribution in [-0.4, -0.2) is 48.9 Å². The molecule has 1 aliphatic heterocycles. The third-order valence-corrected chi connectivity index (χ3v) is 7.88. The highest BCUT2D eigenvalue weighted by Gasteiger charge is 2.55. The molecule has 0 spiro atoms. The van der Waals surface area contributed by atoms with E-state index in [2.05, 4.69) is 24.5 Å². The minimum atomic E-state index is -0.388. The van der Waals surface area contributed by atoms with E-state index < -0.39 is 0 Å². The van der Waals surface area contributed by atoms with Gasteiger partial charge in [0.1, 0.15) is 6.04 Å². The highest BCUT2D eigenvalue weighted by molar-refractivity contribution is 5.90. The summed E-state index contributed by atoms with van der Waals surface area (Å²) in [6.07, 6.45) is 9.30. The average molecular weight is 412 g/mol. The predicted molar refractivity (Wildman–Crippen MR) is 113 cm³/mol. The fourth-order valence-electron chi connectivity index (χ4n) is 6.81. The van der Waals surface area contributed by atoms with Gasteiger partial charge in [0.15, 0.2) is 0 Å². The van der Waals surface area contributed by atoms with E-state index in [0.717, 1.165) is 62.9 Å². The minimum absolute atomic E-state index is 0. The lowest BCUT2D eigenvalue weighted by Crippen LogP contribution is -2.60. The minimum Gasteiger partial charge on any atom is -0.344 e. The molecule has 2 amide bonds. The van der Waals surface area contributed by atoms with Crippen molar-refractivity contribution in [1.82, 2.24) is 15.5 Å². The first-order valence-electron chi connectivity index (χ1n) is 11.2. The fourth-order valence-corrected chi connectivity index (χ4v) is 6.81. The molecule has 4 saturated carbocycles. The van der Waals surface area contributed by atoms with Gasteiger partial charge >= 0.3 is 0 Å². The molecule has 5 nitrogen and oxygen atoms in total. The number of nitrogens with zero attached hydrogens (tertiary/aromatic N) is 1. The van der Waals surface area contributed by atoms with Crippen LogP contribution >= 0.6 is 12.4 Å². The zero-order valence-corrected chi connectivity index (χ0v) is 18.5. The largest absolute Gasteiger partial charge is 0.344 e. The Hall–Kier alpha value is -0.810. The second-order valence-corrected chi connectivity index (χ2v) is 10.3. The van der Waals surface area contributed by atoms with Crippen LogP contribution in [0.25, 0.3) is 0 Å². The molecule has 2 atom stereocenters. The van der Waals surface area contributed by atoms with Crippen molar-refractivity contribution in [2.75, 3.05) is 20.1 Å². The van der Waals surface area contributed by atoms with E-state index in [0.29, 0.717) is 6.04 Å². The van der Waals surface area contributed by atoms with Gasteiger partial charge in [-0.25, -0.2) is 0 Å². The Balaban J connectivity index is 0.00000225. The van der Waals surface area contributed by atoms with Crippen LogP contribution in [0.15, 0.2) is 0 Å². The van der Waals surface area contributed by atoms with Crippen LogP contribution in [0.3, 0.4) is 0 Å². The zero-order valence-electron chi connectivity index (χ0n) is 17.7. The molecule has 1 heterocycles. The molecule has 0 aromatic rings. The number of halogens is 1. The van der Waals surface area contributed by atoms with Gasteiger partial charge in [0.2, 0.25) is 11.8 Å². The monoisotopic (exact) mass is 411 g/mol. The topological polar surface area (TPSA) is 61.4 Å². The van der Waals surface area contributed by atoms with Crippen molar-refractivity contribution in [2.45, 2.75) is 77.3 Å². The third-order valence-electron chi connectivity index (χ3n) is 7.88. The van der Waals surface area contributed by atoms with Crippen LogP contribution < -0.4 is 10.6 Å². The fraction of sp³-hybridized carbons (Fsp3) is 0.909. The van der Waals surface area contributed by atoms with Crippen LogP contribution in [0, 0.1) is 29.1 Å². The Bertz CT molecular complexity index is 559. The Labute approximate surface area is 176 Å². The van der Waals surface area contributed by atoms with Gasteiger partial charge in [-0.05, 0) is 82.1 Å². The molecule has 160 valence electrons. The summed E-state index contributed by atoms with van der Waals surface area (Å²) in [6.45, 7) is 5.68. The summed E-state index contributed by atoms with van der Waals surface area (Å²) >= 11 is 0. The number of carbonyl (C=O) groups excluding carboxylic acids is 2. The quantitative estimate of drug-likeness (QED) is 0.731. The van der Waals surface area contributed by atoms with Gasteiger partial charge in [-0.15, -0.1) is 12.4 Å². The summed E-state index contributed by atoms with van der Waals surface area (Å²) in [7, 11) is 1.97. The van der Waals surface area contributed by atoms with E-state index in [1.54, 1.807) is 0 Å². The molecule has 28 heavy (non-hydrogen) atoms. The smallest absolute Gasteiger partial charge is 0.245 e. The van der Waals surface area contributed by atoms with Crippen molar-refractivity contribution in [3.05, 3.63) is 0 Å². The standard InChI is InChI=1S/C22H37N3O2.ClH/c1-14(2)19(20(26)25-6-4-5-18(13-25)23-3)24-21(27)22-10-15-7-16(11-22)9-17(8-15)12-22;/h14-19,23H,4-13H2,1-3H3,(H,24,27);1H. The SMILES string of the molecule is CNC1CCCN(C(=O)C(NC(=O)C23CC4CC(CC(C4)C2)C3)C(C)C)C1.Cl. The van der Waals surface area contributed by atoms with Gasteiger partial charge < -0.3 is 15.5 Å². The lowest BCUT2D eigenvalue weighted by molar-refractivity contribution is -0.151. The summed E-state index contributed by atoms with van der Waals surface area (Å²) in [6, 6.07) is -0.0181. The molecule has 0 aromatic carbocycles. The molecule has 0 aromatic heterocycles. The molecular formula is C22H38ClN3O2. The van der Waals surface area contributed by atoms with E-state index in [-0.39, 0.29) is 41.6 Å². The second kappa shape index (κ2) is 8.51. The normalized spacial score (nSPS) is 37.5. The van der Waals surface area contributed by atoms with E-state index >= 15 is 0 Å². The van der Waals surface area contributed by atoms with Crippen LogP contribution in [0.2, 0.25) is 0 Å². The molecule has 4 aliphatic carbocycles. The maximum atomic E-state index is 13.4. The number of amides is 2. The summed E-state index contributed by atoms with van der Waals surface area (Å²) in [4.78, 5) is 28.6. The number of likely N-dealkylation sites (N-methyl/N-ethyl adjacent to an activating group) is 1. The number of hydrogen-bond acceptors (Lipinski definition) is 3.